The summed E-state index contributed by atoms with van der Waals surface area (Å²) in [4.78, 5) is 34.3. The molecule has 9 nitrogen and oxygen atoms in total. The SMILES string of the molecule is Nc1ncnc2c1ncn2OCC/C=C\P(=O)(O)O. The van der Waals surface area contributed by atoms with Gasteiger partial charge in [0.2, 0.25) is 5.65 Å². The highest BCUT2D eigenvalue weighted by atomic mass is 31.2. The van der Waals surface area contributed by atoms with Crippen LogP contribution in [0.1, 0.15) is 6.42 Å². The van der Waals surface area contributed by atoms with E-state index in [1.165, 1.54) is 23.5 Å². The maximum atomic E-state index is 10.6. The molecule has 0 aliphatic rings. The van der Waals surface area contributed by atoms with Gasteiger partial charge in [0.1, 0.15) is 19.3 Å². The van der Waals surface area contributed by atoms with Crippen molar-refractivity contribution in [1.29, 1.82) is 0 Å². The van der Waals surface area contributed by atoms with E-state index in [9.17, 15) is 4.57 Å². The summed E-state index contributed by atoms with van der Waals surface area (Å²) < 4.78 is 11.9. The average Bonchev–Trinajstić information content (AvgIpc) is 2.72. The highest BCUT2D eigenvalue weighted by Crippen LogP contribution is 2.35. The maximum absolute atomic E-state index is 10.6. The molecule has 102 valence electrons. The first-order valence-electron chi connectivity index (χ1n) is 5.27. The largest absolute Gasteiger partial charge is 0.410 e. The molecule has 10 heteroatoms. The second kappa shape index (κ2) is 5.35. The number of fused-ring (bicyclic) bond motifs is 1. The standard InChI is InChI=1S/C9H12N5O4P/c10-8-7-9(12-5-11-8)14(6-13-7)18-3-1-2-4-19(15,16)17/h2,4-6H,1,3H2,(H2,10,11,12)(H2,15,16,17)/b4-2-. The summed E-state index contributed by atoms with van der Waals surface area (Å²) in [7, 11) is -4.10. The number of hydrogen-bond acceptors (Lipinski definition) is 6. The molecule has 0 radical (unpaired) electrons. The molecule has 0 amide bonds. The van der Waals surface area contributed by atoms with Gasteiger partial charge in [-0.1, -0.05) is 6.08 Å². The molecule has 2 aromatic rings. The quantitative estimate of drug-likeness (QED) is 0.512. The third-order valence-electron chi connectivity index (χ3n) is 2.15. The molecule has 0 spiro atoms. The van der Waals surface area contributed by atoms with Crippen LogP contribution in [0.3, 0.4) is 0 Å². The Morgan fingerprint density at radius 3 is 2.95 bits per heavy atom. The van der Waals surface area contributed by atoms with Crippen molar-refractivity contribution in [2.45, 2.75) is 6.42 Å². The third-order valence-corrected chi connectivity index (χ3v) is 2.75. The number of anilines is 1. The molecule has 2 heterocycles. The zero-order valence-corrected chi connectivity index (χ0v) is 10.6. The number of nitrogens with zero attached hydrogens (tertiary/aromatic N) is 4. The van der Waals surface area contributed by atoms with E-state index in [1.807, 2.05) is 0 Å². The number of nitrogens with two attached hydrogens (primary N) is 1. The van der Waals surface area contributed by atoms with Gasteiger partial charge in [0, 0.05) is 12.2 Å². The average molecular weight is 285 g/mol. The number of rotatable bonds is 5. The number of hydrogen-bond donors (Lipinski definition) is 3. The molecule has 0 unspecified atom stereocenters. The first-order valence-corrected chi connectivity index (χ1v) is 6.95. The van der Waals surface area contributed by atoms with Gasteiger partial charge in [0.15, 0.2) is 11.3 Å². The van der Waals surface area contributed by atoms with Crippen molar-refractivity contribution in [1.82, 2.24) is 19.7 Å². The van der Waals surface area contributed by atoms with E-state index < -0.39 is 7.60 Å². The minimum absolute atomic E-state index is 0.214. The van der Waals surface area contributed by atoms with Gasteiger partial charge < -0.3 is 20.4 Å². The van der Waals surface area contributed by atoms with Crippen LogP contribution in [-0.4, -0.2) is 36.1 Å². The van der Waals surface area contributed by atoms with E-state index >= 15 is 0 Å². The van der Waals surface area contributed by atoms with Gasteiger partial charge in [-0.25, -0.2) is 15.0 Å². The van der Waals surface area contributed by atoms with Crippen LogP contribution in [0.15, 0.2) is 24.5 Å². The summed E-state index contributed by atoms with van der Waals surface area (Å²) in [6, 6.07) is 0. The highest BCUT2D eigenvalue weighted by Gasteiger charge is 2.08. The van der Waals surface area contributed by atoms with E-state index in [0.29, 0.717) is 17.6 Å². The Morgan fingerprint density at radius 1 is 1.42 bits per heavy atom. The van der Waals surface area contributed by atoms with Gasteiger partial charge in [0.05, 0.1) is 0 Å². The Hall–Kier alpha value is -1.96. The topological polar surface area (TPSA) is 136 Å². The Kier molecular flexibility index (Phi) is 3.79. The zero-order valence-electron chi connectivity index (χ0n) is 9.75. The van der Waals surface area contributed by atoms with Gasteiger partial charge in [-0.15, -0.1) is 0 Å². The molecule has 19 heavy (non-hydrogen) atoms. The summed E-state index contributed by atoms with van der Waals surface area (Å²) in [5.74, 6) is 1.09. The normalized spacial score (nSPS) is 12.3. The van der Waals surface area contributed by atoms with Gasteiger partial charge in [0.25, 0.3) is 0 Å². The van der Waals surface area contributed by atoms with Crippen molar-refractivity contribution in [3.05, 3.63) is 24.5 Å². The predicted molar refractivity (Wildman–Crippen MR) is 67.0 cm³/mol. The number of imidazole rings is 1. The molecule has 4 N–H and O–H groups in total. The lowest BCUT2D eigenvalue weighted by atomic mass is 10.5. The molecule has 0 saturated carbocycles. The number of nitrogen functional groups attached to an aromatic ring is 1. The lowest BCUT2D eigenvalue weighted by molar-refractivity contribution is 0.121. The molecule has 0 aromatic carbocycles. The van der Waals surface area contributed by atoms with Crippen molar-refractivity contribution in [2.75, 3.05) is 12.3 Å². The molecule has 0 aliphatic carbocycles. The molecular weight excluding hydrogens is 273 g/mol. The Balaban J connectivity index is 1.98. The van der Waals surface area contributed by atoms with E-state index in [2.05, 4.69) is 15.0 Å². The van der Waals surface area contributed by atoms with Crippen LogP contribution >= 0.6 is 7.60 Å². The monoisotopic (exact) mass is 285 g/mol. The van der Waals surface area contributed by atoms with Crippen molar-refractivity contribution in [2.24, 2.45) is 0 Å². The fourth-order valence-corrected chi connectivity index (χ4v) is 1.78. The maximum Gasteiger partial charge on any atom is 0.348 e. The smallest absolute Gasteiger partial charge is 0.348 e. The molecule has 0 fully saturated rings. The van der Waals surface area contributed by atoms with E-state index in [1.54, 1.807) is 0 Å². The first kappa shape index (κ1) is 13.5. The summed E-state index contributed by atoms with van der Waals surface area (Å²) in [6.07, 6.45) is 4.39. The molecular formula is C9H12N5O4P. The molecule has 0 saturated heterocycles. The summed E-state index contributed by atoms with van der Waals surface area (Å²) >= 11 is 0. The fraction of sp³-hybridized carbons (Fsp3) is 0.222. The van der Waals surface area contributed by atoms with Crippen LogP contribution in [0.4, 0.5) is 5.82 Å². The Bertz CT molecular complexity index is 649. The lowest BCUT2D eigenvalue weighted by Gasteiger charge is -2.04. The van der Waals surface area contributed by atoms with Crippen LogP contribution in [-0.2, 0) is 4.57 Å². The Morgan fingerprint density at radius 2 is 2.21 bits per heavy atom. The van der Waals surface area contributed by atoms with Crippen molar-refractivity contribution >= 4 is 24.6 Å². The summed E-state index contributed by atoms with van der Waals surface area (Å²) in [6.45, 7) is 0.214. The Labute approximate surface area is 107 Å². The second-order valence-corrected chi connectivity index (χ2v) is 5.07. The summed E-state index contributed by atoms with van der Waals surface area (Å²) in [5.41, 5.74) is 6.49. The fourth-order valence-electron chi connectivity index (χ4n) is 1.36. The van der Waals surface area contributed by atoms with E-state index in [0.717, 1.165) is 5.82 Å². The van der Waals surface area contributed by atoms with Gasteiger partial charge in [-0.2, -0.15) is 4.73 Å². The first-order chi connectivity index (χ1) is 8.97. The van der Waals surface area contributed by atoms with Crippen molar-refractivity contribution in [3.8, 4) is 0 Å². The van der Waals surface area contributed by atoms with Crippen molar-refractivity contribution in [3.63, 3.8) is 0 Å². The highest BCUT2D eigenvalue weighted by molar-refractivity contribution is 7.55. The van der Waals surface area contributed by atoms with E-state index in [-0.39, 0.29) is 12.4 Å². The van der Waals surface area contributed by atoms with Crippen LogP contribution in [0, 0.1) is 0 Å². The minimum atomic E-state index is -4.10. The molecule has 2 rings (SSSR count). The number of aromatic nitrogens is 4. The lowest BCUT2D eigenvalue weighted by Crippen LogP contribution is -2.11. The van der Waals surface area contributed by atoms with Crippen LogP contribution in [0.2, 0.25) is 0 Å². The molecule has 0 atom stereocenters. The second-order valence-electron chi connectivity index (χ2n) is 3.60. The molecule has 0 bridgehead atoms. The van der Waals surface area contributed by atoms with Gasteiger partial charge in [-0.05, 0) is 0 Å². The molecule has 0 aliphatic heterocycles. The van der Waals surface area contributed by atoms with Crippen LogP contribution < -0.4 is 10.6 Å². The van der Waals surface area contributed by atoms with Gasteiger partial charge >= 0.3 is 7.60 Å². The van der Waals surface area contributed by atoms with Crippen molar-refractivity contribution < 1.29 is 19.2 Å². The van der Waals surface area contributed by atoms with E-state index in [4.69, 9.17) is 20.4 Å². The summed E-state index contributed by atoms with van der Waals surface area (Å²) in [5, 5.41) is 0. The minimum Gasteiger partial charge on any atom is -0.410 e. The molecule has 2 aromatic heterocycles. The zero-order chi connectivity index (χ0) is 13.9. The third kappa shape index (κ3) is 3.50. The van der Waals surface area contributed by atoms with Crippen LogP contribution in [0.25, 0.3) is 11.2 Å². The predicted octanol–water partition coefficient (Wildman–Crippen LogP) is -0.0814. The van der Waals surface area contributed by atoms with Crippen LogP contribution in [0.5, 0.6) is 0 Å². The van der Waals surface area contributed by atoms with Gasteiger partial charge in [-0.3, -0.25) is 4.57 Å².